The van der Waals surface area contributed by atoms with Gasteiger partial charge < -0.3 is 20.3 Å². The highest BCUT2D eigenvalue weighted by Gasteiger charge is 2.32. The van der Waals surface area contributed by atoms with E-state index < -0.39 is 17.6 Å². The van der Waals surface area contributed by atoms with Gasteiger partial charge in [-0.25, -0.2) is 8.78 Å². The van der Waals surface area contributed by atoms with Crippen LogP contribution in [0.25, 0.3) is 21.8 Å². The Hall–Kier alpha value is -6.19. The first-order valence-corrected chi connectivity index (χ1v) is 21.6. The molecule has 0 saturated carbocycles. The summed E-state index contributed by atoms with van der Waals surface area (Å²) in [6.07, 6.45) is 5.78. The van der Waals surface area contributed by atoms with Crippen LogP contribution < -0.4 is 20.9 Å². The van der Waals surface area contributed by atoms with Crippen LogP contribution in [0.4, 0.5) is 26.0 Å². The maximum absolute atomic E-state index is 14.0. The summed E-state index contributed by atoms with van der Waals surface area (Å²) in [7, 11) is 1.93. The predicted octanol–water partition coefficient (Wildman–Crippen LogP) is 6.83. The molecule has 0 radical (unpaired) electrons. The first-order chi connectivity index (χ1) is 30.1. The third kappa shape index (κ3) is 9.04. The first kappa shape index (κ1) is 41.2. The molecule has 15 heteroatoms. The zero-order chi connectivity index (χ0) is 42.7. The number of amides is 3. The first-order valence-electron chi connectivity index (χ1n) is 21.6. The van der Waals surface area contributed by atoms with Gasteiger partial charge >= 0.3 is 0 Å². The molecule has 62 heavy (non-hydrogen) atoms. The van der Waals surface area contributed by atoms with Crippen LogP contribution in [0.3, 0.4) is 0 Å². The molecule has 2 aromatic heterocycles. The summed E-state index contributed by atoms with van der Waals surface area (Å²) in [5, 5.41) is 23.0. The minimum atomic E-state index is -0.624. The summed E-state index contributed by atoms with van der Waals surface area (Å²) in [5.41, 5.74) is 7.41. The number of carbonyl (C=O) groups excluding carboxylic acids is 3. The number of aryl methyl sites for hydroxylation is 2. The monoisotopic (exact) mass is 843 g/mol. The average molecular weight is 844 g/mol. The number of hydrogen-bond donors (Lipinski definition) is 4. The number of halogens is 2. The lowest BCUT2D eigenvalue weighted by atomic mass is 9.92. The van der Waals surface area contributed by atoms with Crippen LogP contribution in [0.5, 0.6) is 0 Å². The molecule has 3 fully saturated rings. The third-order valence-corrected chi connectivity index (χ3v) is 12.5. The highest BCUT2D eigenvalue weighted by Crippen LogP contribution is 2.33. The van der Waals surface area contributed by atoms with Crippen molar-refractivity contribution in [3.05, 3.63) is 112 Å². The van der Waals surface area contributed by atoms with Crippen molar-refractivity contribution >= 4 is 56.7 Å². The normalized spacial score (nSPS) is 17.8. The van der Waals surface area contributed by atoms with Gasteiger partial charge in [-0.2, -0.15) is 10.2 Å². The molecule has 3 aliphatic rings. The lowest BCUT2D eigenvalue weighted by Gasteiger charge is -2.36. The van der Waals surface area contributed by atoms with Crippen molar-refractivity contribution in [2.75, 3.05) is 61.5 Å². The molecule has 9 rings (SSSR count). The van der Waals surface area contributed by atoms with Crippen LogP contribution >= 0.6 is 0 Å². The van der Waals surface area contributed by atoms with Crippen LogP contribution in [0.2, 0.25) is 0 Å². The van der Waals surface area contributed by atoms with E-state index in [-0.39, 0.29) is 23.8 Å². The molecule has 13 nitrogen and oxygen atoms in total. The van der Waals surface area contributed by atoms with E-state index in [0.717, 1.165) is 110 Å². The number of carbonyl (C=O) groups is 3. The van der Waals surface area contributed by atoms with Crippen molar-refractivity contribution < 1.29 is 27.9 Å². The van der Waals surface area contributed by atoms with Crippen molar-refractivity contribution in [3.63, 3.8) is 0 Å². The molecular weight excluding hydrogens is 793 g/mol. The highest BCUT2D eigenvalue weighted by atomic mass is 19.1. The summed E-state index contributed by atoms with van der Waals surface area (Å²) in [6, 6.07) is 21.5. The van der Waals surface area contributed by atoms with Crippen LogP contribution in [0.15, 0.2) is 72.8 Å². The van der Waals surface area contributed by atoms with Crippen molar-refractivity contribution in [2.45, 2.75) is 63.3 Å². The molecule has 4 N–H and O–H groups in total. The second kappa shape index (κ2) is 18.0. The number of ether oxygens (including phenoxy) is 1. The number of benzene rings is 4. The van der Waals surface area contributed by atoms with Crippen LogP contribution in [0, 0.1) is 11.6 Å². The van der Waals surface area contributed by atoms with Gasteiger partial charge in [0.25, 0.3) is 5.91 Å². The molecule has 3 aliphatic heterocycles. The van der Waals surface area contributed by atoms with Gasteiger partial charge in [-0.3, -0.25) is 34.4 Å². The van der Waals surface area contributed by atoms with E-state index in [4.69, 9.17) is 9.84 Å². The number of aromatic amines is 1. The number of nitrogens with one attached hydrogen (secondary N) is 4. The molecule has 5 heterocycles. The Kier molecular flexibility index (Phi) is 12.0. The Morgan fingerprint density at radius 2 is 1.69 bits per heavy atom. The fourth-order valence-corrected chi connectivity index (χ4v) is 9.24. The molecule has 3 amide bonds. The predicted molar refractivity (Wildman–Crippen MR) is 235 cm³/mol. The number of rotatable bonds is 13. The minimum Gasteiger partial charge on any atom is -0.381 e. The average Bonchev–Trinajstić information content (AvgIpc) is 3.82. The van der Waals surface area contributed by atoms with E-state index in [2.05, 4.69) is 48.1 Å². The third-order valence-electron chi connectivity index (χ3n) is 12.5. The summed E-state index contributed by atoms with van der Waals surface area (Å²) in [6.45, 7) is 5.91. The lowest BCUT2D eigenvalue weighted by molar-refractivity contribution is -0.134. The number of imide groups is 1. The molecule has 322 valence electrons. The Balaban J connectivity index is 0.827. The fraction of sp³-hybridized carbons (Fsp3) is 0.383. The van der Waals surface area contributed by atoms with E-state index in [0.29, 0.717) is 54.8 Å². The maximum Gasteiger partial charge on any atom is 0.258 e. The SMILES string of the molecule is Cn1nc(C2CCC(=O)NC2=O)c2cccc(CCCCN3CCN(c4ccc(C(=O)Nc5n[nH]c6ccc(Cc7cc(F)cc(F)c7)cc56)c(NC5CCOCC5)c4)CC3)c21. The van der Waals surface area contributed by atoms with E-state index >= 15 is 0 Å². The van der Waals surface area contributed by atoms with Crippen molar-refractivity contribution in [2.24, 2.45) is 7.05 Å². The smallest absolute Gasteiger partial charge is 0.258 e. The molecule has 6 aromatic rings. The molecule has 0 aliphatic carbocycles. The van der Waals surface area contributed by atoms with Crippen molar-refractivity contribution in [1.29, 1.82) is 0 Å². The number of para-hydroxylation sites is 1. The van der Waals surface area contributed by atoms with Gasteiger partial charge in [0.1, 0.15) is 11.6 Å². The Morgan fingerprint density at radius 3 is 2.48 bits per heavy atom. The zero-order valence-electron chi connectivity index (χ0n) is 34.8. The summed E-state index contributed by atoms with van der Waals surface area (Å²) >= 11 is 0. The van der Waals surface area contributed by atoms with Gasteiger partial charge in [0.2, 0.25) is 11.8 Å². The van der Waals surface area contributed by atoms with Crippen LogP contribution in [-0.2, 0) is 34.2 Å². The van der Waals surface area contributed by atoms with Crippen molar-refractivity contribution in [3.8, 4) is 0 Å². The molecule has 1 unspecified atom stereocenters. The van der Waals surface area contributed by atoms with Crippen LogP contribution in [0.1, 0.15) is 77.2 Å². The maximum atomic E-state index is 14.0. The summed E-state index contributed by atoms with van der Waals surface area (Å²) < 4.78 is 35.3. The largest absolute Gasteiger partial charge is 0.381 e. The van der Waals surface area contributed by atoms with E-state index in [1.807, 2.05) is 54.2 Å². The second-order valence-electron chi connectivity index (χ2n) is 16.7. The second-order valence-corrected chi connectivity index (χ2v) is 16.7. The van der Waals surface area contributed by atoms with Gasteiger partial charge in [0, 0.05) is 87.1 Å². The standard InChI is InChI=1S/C47H51F2N9O4/c1-56-44-31(6-4-7-37(44)43(55-56)38-11-13-42(59)51-47(38)61)5-2-3-16-57-17-19-58(20-18-57)35-9-10-36(41(28-35)50-34-14-21-62-22-15-34)46(60)52-45-39-26-29(8-12-40(39)53-54-45)23-30-24-32(48)27-33(49)25-30/h4,6-10,12,24-28,34,38,50H,2-3,5,11,13-23H2,1H3,(H,51,59,61)(H2,52,53,54,60). The molecule has 0 spiro atoms. The number of aromatic nitrogens is 4. The summed E-state index contributed by atoms with van der Waals surface area (Å²) in [5.74, 6) is -2.08. The number of fused-ring (bicyclic) bond motifs is 2. The lowest BCUT2D eigenvalue weighted by Crippen LogP contribution is -2.46. The number of H-pyrrole nitrogens is 1. The molecule has 0 bridgehead atoms. The van der Waals surface area contributed by atoms with Crippen LogP contribution in [-0.4, -0.2) is 94.6 Å². The van der Waals surface area contributed by atoms with Gasteiger partial charge in [0.15, 0.2) is 5.82 Å². The number of piperazine rings is 1. The number of nitrogens with zero attached hydrogens (tertiary/aromatic N) is 5. The van der Waals surface area contributed by atoms with Gasteiger partial charge in [-0.1, -0.05) is 24.3 Å². The minimum absolute atomic E-state index is 0.168. The number of anilines is 3. The quantitative estimate of drug-likeness (QED) is 0.0726. The van der Waals surface area contributed by atoms with E-state index in [1.165, 1.54) is 17.7 Å². The molecular formula is C47H51F2N9O4. The topological polar surface area (TPSA) is 150 Å². The zero-order valence-corrected chi connectivity index (χ0v) is 34.8. The Labute approximate surface area is 358 Å². The number of piperidine rings is 1. The Morgan fingerprint density at radius 1 is 0.887 bits per heavy atom. The molecule has 3 saturated heterocycles. The number of hydrogen-bond acceptors (Lipinski definition) is 9. The van der Waals surface area contributed by atoms with Crippen molar-refractivity contribution in [1.82, 2.24) is 30.2 Å². The van der Waals surface area contributed by atoms with E-state index in [1.54, 1.807) is 0 Å². The fourth-order valence-electron chi connectivity index (χ4n) is 9.24. The number of unbranched alkanes of at least 4 members (excludes halogenated alkanes) is 1. The Bertz CT molecular complexity index is 2610. The molecule has 4 aromatic carbocycles. The van der Waals surface area contributed by atoms with Gasteiger partial charge in [-0.15, -0.1) is 0 Å². The summed E-state index contributed by atoms with van der Waals surface area (Å²) in [4.78, 5) is 43.3. The van der Waals surface area contributed by atoms with E-state index in [9.17, 15) is 23.2 Å². The molecule has 1 atom stereocenters. The highest BCUT2D eigenvalue weighted by molar-refractivity contribution is 6.11. The van der Waals surface area contributed by atoms with Gasteiger partial charge in [0.05, 0.1) is 28.2 Å². The van der Waals surface area contributed by atoms with Gasteiger partial charge in [-0.05, 0) is 111 Å².